The monoisotopic (exact) mass is 240 g/mol. The van der Waals surface area contributed by atoms with E-state index in [1.54, 1.807) is 9.80 Å². The Morgan fingerprint density at radius 2 is 1.00 bits per heavy atom. The zero-order chi connectivity index (χ0) is 12.1. The van der Waals surface area contributed by atoms with E-state index >= 15 is 0 Å². The van der Waals surface area contributed by atoms with Gasteiger partial charge >= 0.3 is 12.1 Å². The summed E-state index contributed by atoms with van der Waals surface area (Å²) in [6, 6.07) is -0.398. The molecule has 2 N–H and O–H groups in total. The molecule has 0 unspecified atom stereocenters. The van der Waals surface area contributed by atoms with Gasteiger partial charge in [-0.1, -0.05) is 0 Å². The van der Waals surface area contributed by atoms with Crippen LogP contribution in [0.1, 0.15) is 32.1 Å². The lowest BCUT2D eigenvalue weighted by atomic mass is 10.1. The Labute approximate surface area is 101 Å². The highest BCUT2D eigenvalue weighted by Crippen LogP contribution is 2.08. The third-order valence-electron chi connectivity index (χ3n) is 3.31. The number of hydrogen-bond donors (Lipinski definition) is 2. The number of likely N-dealkylation sites (tertiary alicyclic amines) is 2. The van der Waals surface area contributed by atoms with Crippen LogP contribution in [-0.2, 0) is 0 Å². The second-order valence-corrected chi connectivity index (χ2v) is 4.60. The van der Waals surface area contributed by atoms with Crippen molar-refractivity contribution in [1.29, 1.82) is 0 Å². The third-order valence-corrected chi connectivity index (χ3v) is 3.31. The number of piperidine rings is 1. The van der Waals surface area contributed by atoms with Gasteiger partial charge in [-0.15, -0.1) is 0 Å². The summed E-state index contributed by atoms with van der Waals surface area (Å²) in [4.78, 5) is 26.8. The van der Waals surface area contributed by atoms with Crippen molar-refractivity contribution in [2.24, 2.45) is 0 Å². The fourth-order valence-electron chi connectivity index (χ4n) is 2.28. The van der Waals surface area contributed by atoms with Crippen molar-refractivity contribution in [3.05, 3.63) is 0 Å². The first kappa shape index (κ1) is 12.0. The third kappa shape index (κ3) is 3.25. The molecule has 2 rings (SSSR count). The number of nitrogens with one attached hydrogen (secondary N) is 2. The first-order chi connectivity index (χ1) is 8.27. The van der Waals surface area contributed by atoms with Crippen LogP contribution in [0.15, 0.2) is 0 Å². The van der Waals surface area contributed by atoms with Gasteiger partial charge in [-0.25, -0.2) is 20.4 Å². The molecule has 2 heterocycles. The van der Waals surface area contributed by atoms with Crippen LogP contribution in [0, 0.1) is 0 Å². The summed E-state index contributed by atoms with van der Waals surface area (Å²) in [5.74, 6) is 0. The maximum atomic E-state index is 11.7. The molecule has 0 saturated carbocycles. The fourth-order valence-corrected chi connectivity index (χ4v) is 2.28. The van der Waals surface area contributed by atoms with Gasteiger partial charge in [-0.3, -0.25) is 0 Å². The maximum absolute atomic E-state index is 11.7. The molecule has 4 amide bonds. The molecule has 0 aliphatic carbocycles. The summed E-state index contributed by atoms with van der Waals surface area (Å²) in [5, 5.41) is 0. The molecule has 17 heavy (non-hydrogen) atoms. The van der Waals surface area contributed by atoms with Gasteiger partial charge in [0.2, 0.25) is 0 Å². The largest absolute Gasteiger partial charge is 0.336 e. The molecule has 6 nitrogen and oxygen atoms in total. The van der Waals surface area contributed by atoms with Gasteiger partial charge in [0.05, 0.1) is 0 Å². The van der Waals surface area contributed by atoms with Gasteiger partial charge in [0.1, 0.15) is 0 Å². The number of rotatable bonds is 0. The molecule has 96 valence electrons. The Morgan fingerprint density at radius 3 is 1.41 bits per heavy atom. The summed E-state index contributed by atoms with van der Waals surface area (Å²) in [6.07, 6.45) is 5.38. The van der Waals surface area contributed by atoms with Crippen LogP contribution < -0.4 is 10.9 Å². The van der Waals surface area contributed by atoms with E-state index in [2.05, 4.69) is 10.9 Å². The summed E-state index contributed by atoms with van der Waals surface area (Å²) in [7, 11) is 0. The summed E-state index contributed by atoms with van der Waals surface area (Å²) in [6.45, 7) is 3.13. The van der Waals surface area contributed by atoms with Crippen molar-refractivity contribution in [2.45, 2.75) is 32.1 Å². The average Bonchev–Trinajstić information content (AvgIpc) is 2.90. The van der Waals surface area contributed by atoms with Crippen LogP contribution in [0.4, 0.5) is 9.59 Å². The lowest BCUT2D eigenvalue weighted by molar-refractivity contribution is 0.175. The second kappa shape index (κ2) is 5.75. The van der Waals surface area contributed by atoms with Crippen LogP contribution in [0.25, 0.3) is 0 Å². The van der Waals surface area contributed by atoms with Gasteiger partial charge in [-0.2, -0.15) is 0 Å². The van der Waals surface area contributed by atoms with Gasteiger partial charge < -0.3 is 9.80 Å². The van der Waals surface area contributed by atoms with Crippen LogP contribution >= 0.6 is 0 Å². The number of carbonyl (C=O) groups is 2. The van der Waals surface area contributed by atoms with Crippen LogP contribution in [0.5, 0.6) is 0 Å². The van der Waals surface area contributed by atoms with Gasteiger partial charge in [0.25, 0.3) is 0 Å². The van der Waals surface area contributed by atoms with E-state index in [1.165, 1.54) is 6.42 Å². The second-order valence-electron chi connectivity index (χ2n) is 4.60. The topological polar surface area (TPSA) is 64.7 Å². The molecule has 6 heteroatoms. The standard InChI is InChI=1S/C11H20N4O2/c16-10(14-6-2-1-3-7-14)12-13-11(17)15-8-4-5-9-15/h1-9H2,(H,12,16)(H,13,17). The fraction of sp³-hybridized carbons (Fsp3) is 0.818. The molecule has 2 saturated heterocycles. The minimum atomic E-state index is -0.201. The molecule has 2 aliphatic rings. The van der Waals surface area contributed by atoms with Gasteiger partial charge in [0, 0.05) is 26.2 Å². The molecule has 0 bridgehead atoms. The number of hydrazine groups is 1. The van der Waals surface area contributed by atoms with Gasteiger partial charge in [-0.05, 0) is 32.1 Å². The molecule has 2 fully saturated rings. The van der Waals surface area contributed by atoms with E-state index in [0.29, 0.717) is 0 Å². The average molecular weight is 240 g/mol. The quantitative estimate of drug-likeness (QED) is 0.618. The molecule has 0 aromatic carbocycles. The van der Waals surface area contributed by atoms with E-state index in [0.717, 1.165) is 51.9 Å². The predicted octanol–water partition coefficient (Wildman–Crippen LogP) is 0.902. The zero-order valence-corrected chi connectivity index (χ0v) is 10.1. The number of nitrogens with zero attached hydrogens (tertiary/aromatic N) is 2. The first-order valence-corrected chi connectivity index (χ1v) is 6.37. The van der Waals surface area contributed by atoms with E-state index in [4.69, 9.17) is 0 Å². The minimum Gasteiger partial charge on any atom is -0.323 e. The Balaban J connectivity index is 1.69. The van der Waals surface area contributed by atoms with Crippen molar-refractivity contribution in [2.75, 3.05) is 26.2 Å². The Kier molecular flexibility index (Phi) is 4.06. The highest BCUT2D eigenvalue weighted by Gasteiger charge is 2.20. The first-order valence-electron chi connectivity index (χ1n) is 6.37. The summed E-state index contributed by atoms with van der Waals surface area (Å²) >= 11 is 0. The van der Waals surface area contributed by atoms with E-state index in [-0.39, 0.29) is 12.1 Å². The highest BCUT2D eigenvalue weighted by molar-refractivity contribution is 5.80. The number of carbonyl (C=O) groups excluding carboxylic acids is 2. The normalized spacial score (nSPS) is 20.2. The van der Waals surface area contributed by atoms with E-state index < -0.39 is 0 Å². The Hall–Kier alpha value is -1.46. The maximum Gasteiger partial charge on any atom is 0.336 e. The molecular formula is C11H20N4O2. The lowest BCUT2D eigenvalue weighted by Crippen LogP contribution is -2.53. The smallest absolute Gasteiger partial charge is 0.323 e. The van der Waals surface area contributed by atoms with E-state index in [1.807, 2.05) is 0 Å². The summed E-state index contributed by atoms with van der Waals surface area (Å²) < 4.78 is 0. The number of amides is 4. The molecule has 0 atom stereocenters. The minimum absolute atomic E-state index is 0.197. The number of urea groups is 2. The Morgan fingerprint density at radius 1 is 0.647 bits per heavy atom. The molecular weight excluding hydrogens is 220 g/mol. The van der Waals surface area contributed by atoms with Crippen molar-refractivity contribution in [1.82, 2.24) is 20.7 Å². The molecule has 0 spiro atoms. The number of hydrogen-bond acceptors (Lipinski definition) is 2. The molecule has 0 aromatic heterocycles. The van der Waals surface area contributed by atoms with Crippen molar-refractivity contribution in [3.63, 3.8) is 0 Å². The Bertz CT molecular complexity index is 283. The van der Waals surface area contributed by atoms with Crippen molar-refractivity contribution < 1.29 is 9.59 Å². The molecule has 0 radical (unpaired) electrons. The van der Waals surface area contributed by atoms with E-state index in [9.17, 15) is 9.59 Å². The molecule has 0 aromatic rings. The van der Waals surface area contributed by atoms with Crippen LogP contribution in [0.2, 0.25) is 0 Å². The lowest BCUT2D eigenvalue weighted by Gasteiger charge is -2.27. The summed E-state index contributed by atoms with van der Waals surface area (Å²) in [5.41, 5.74) is 4.94. The van der Waals surface area contributed by atoms with Crippen LogP contribution in [0.3, 0.4) is 0 Å². The van der Waals surface area contributed by atoms with Crippen LogP contribution in [-0.4, -0.2) is 48.0 Å². The predicted molar refractivity (Wildman–Crippen MR) is 63.3 cm³/mol. The molecule has 2 aliphatic heterocycles. The zero-order valence-electron chi connectivity index (χ0n) is 10.1. The highest BCUT2D eigenvalue weighted by atomic mass is 16.2. The van der Waals surface area contributed by atoms with Gasteiger partial charge in [0.15, 0.2) is 0 Å². The SMILES string of the molecule is O=C(NNC(=O)N1CCCC1)N1CCCCC1. The van der Waals surface area contributed by atoms with Crippen molar-refractivity contribution in [3.8, 4) is 0 Å². The van der Waals surface area contributed by atoms with Crippen molar-refractivity contribution >= 4 is 12.1 Å².